The van der Waals surface area contributed by atoms with Crippen molar-refractivity contribution in [3.05, 3.63) is 24.3 Å². The molecule has 0 saturated carbocycles. The van der Waals surface area contributed by atoms with Crippen molar-refractivity contribution < 1.29 is 39.4 Å². The van der Waals surface area contributed by atoms with Gasteiger partial charge in [-0.2, -0.15) is 0 Å². The van der Waals surface area contributed by atoms with E-state index in [2.05, 4.69) is 0 Å². The predicted molar refractivity (Wildman–Crippen MR) is 29.8 cm³/mol. The molecule has 0 fully saturated rings. The zero-order valence-electron chi connectivity index (χ0n) is 4.61. The SMILES string of the molecule is Oc1ccccc1O.[Pu]. The molecule has 0 aliphatic carbocycles. The molecule has 2 N–H and O–H groups in total. The molecule has 0 heterocycles. The van der Waals surface area contributed by atoms with Gasteiger partial charge in [0.15, 0.2) is 11.5 Å². The van der Waals surface area contributed by atoms with Gasteiger partial charge in [0, 0.05) is 29.2 Å². The van der Waals surface area contributed by atoms with Crippen LogP contribution in [0.15, 0.2) is 24.3 Å². The van der Waals surface area contributed by atoms with E-state index in [4.69, 9.17) is 10.2 Å². The standard InChI is InChI=1S/C6H6O2.Pu/c7-5-3-1-2-4-6(5)8;/h1-4,7-8H;. The van der Waals surface area contributed by atoms with Gasteiger partial charge in [-0.15, -0.1) is 0 Å². The van der Waals surface area contributed by atoms with Crippen LogP contribution in [0.4, 0.5) is 0 Å². The Morgan fingerprint density at radius 1 is 0.889 bits per heavy atom. The summed E-state index contributed by atoms with van der Waals surface area (Å²) in [5, 5.41) is 17.3. The molecule has 1 aromatic carbocycles. The summed E-state index contributed by atoms with van der Waals surface area (Å²) < 4.78 is 0. The molecule has 0 unspecified atom stereocenters. The van der Waals surface area contributed by atoms with Crippen LogP contribution in [0.2, 0.25) is 0 Å². The van der Waals surface area contributed by atoms with Crippen molar-refractivity contribution in [3.8, 4) is 11.5 Å². The van der Waals surface area contributed by atoms with E-state index in [1.54, 1.807) is 12.1 Å². The fourth-order valence-electron chi connectivity index (χ4n) is 0.464. The molecule has 0 aliphatic heterocycles. The van der Waals surface area contributed by atoms with E-state index in [0.29, 0.717) is 0 Å². The molecule has 3 heteroatoms. The summed E-state index contributed by atoms with van der Waals surface area (Å²) in [7, 11) is 0. The minimum Gasteiger partial charge on any atom is -0.504 e. The van der Waals surface area contributed by atoms with Gasteiger partial charge in [0.25, 0.3) is 0 Å². The van der Waals surface area contributed by atoms with Crippen LogP contribution in [0.25, 0.3) is 0 Å². The van der Waals surface area contributed by atoms with Gasteiger partial charge in [-0.3, -0.25) is 0 Å². The molecule has 0 aromatic heterocycles. The maximum atomic E-state index is 8.67. The predicted octanol–water partition coefficient (Wildman–Crippen LogP) is 1.10. The number of rotatable bonds is 0. The van der Waals surface area contributed by atoms with Crippen LogP contribution in [0.5, 0.6) is 11.5 Å². The molecule has 1 aromatic rings. The summed E-state index contributed by atoms with van der Waals surface area (Å²) in [5.41, 5.74) is 0. The van der Waals surface area contributed by atoms with E-state index in [1.807, 2.05) is 0 Å². The van der Waals surface area contributed by atoms with Crippen molar-refractivity contribution in [2.75, 3.05) is 0 Å². The topological polar surface area (TPSA) is 40.5 Å². The van der Waals surface area contributed by atoms with Gasteiger partial charge in [-0.25, -0.2) is 0 Å². The van der Waals surface area contributed by atoms with E-state index in [1.165, 1.54) is 12.1 Å². The van der Waals surface area contributed by atoms with Crippen LogP contribution >= 0.6 is 0 Å². The summed E-state index contributed by atoms with van der Waals surface area (Å²) in [6.07, 6.45) is 0. The second-order valence-corrected chi connectivity index (χ2v) is 1.49. The largest absolute Gasteiger partial charge is 0.504 e. The van der Waals surface area contributed by atoms with Gasteiger partial charge in [0.1, 0.15) is 0 Å². The van der Waals surface area contributed by atoms with Crippen molar-refractivity contribution >= 4 is 0 Å². The molecule has 0 radical (unpaired) electrons. The number of para-hydroxylation sites is 2. The van der Waals surface area contributed by atoms with E-state index in [0.717, 1.165) is 0 Å². The third kappa shape index (κ3) is 2.25. The van der Waals surface area contributed by atoms with Gasteiger partial charge in [-0.05, 0) is 12.1 Å². The Morgan fingerprint density at radius 2 is 1.22 bits per heavy atom. The fraction of sp³-hybridized carbons (Fsp3) is 0. The molecular weight excluding hydrogens is 348 g/mol. The van der Waals surface area contributed by atoms with Gasteiger partial charge in [-0.1, -0.05) is 12.1 Å². The molecule has 0 spiro atoms. The molecule has 1 rings (SSSR count). The van der Waals surface area contributed by atoms with Crippen molar-refractivity contribution in [3.63, 3.8) is 0 Å². The number of hydrogen-bond donors (Lipinski definition) is 2. The maximum Gasteiger partial charge on any atom is 0.157 e. The third-order valence-electron chi connectivity index (χ3n) is 0.882. The van der Waals surface area contributed by atoms with Crippen molar-refractivity contribution in [1.29, 1.82) is 0 Å². The van der Waals surface area contributed by atoms with Crippen LogP contribution in [0.3, 0.4) is 0 Å². The Balaban J connectivity index is 0.000000640. The minimum absolute atomic E-state index is 0. The van der Waals surface area contributed by atoms with E-state index in [-0.39, 0.29) is 40.7 Å². The van der Waals surface area contributed by atoms with Crippen molar-refractivity contribution in [2.45, 2.75) is 0 Å². The first-order chi connectivity index (χ1) is 3.80. The smallest absolute Gasteiger partial charge is 0.157 e. The average Bonchev–Trinajstić information content (AvgIpc) is 1.77. The summed E-state index contributed by atoms with van der Waals surface area (Å²) >= 11 is 0. The fourth-order valence-corrected chi connectivity index (χ4v) is 0.464. The number of phenolic OH excluding ortho intramolecular Hbond substituents is 2. The summed E-state index contributed by atoms with van der Waals surface area (Å²) in [5.74, 6) is -0.153. The summed E-state index contributed by atoms with van der Waals surface area (Å²) in [6, 6.07) is 6.15. The molecular formula is C6H6O2Pu. The van der Waals surface area contributed by atoms with Crippen LogP contribution in [0, 0.1) is 29.2 Å². The summed E-state index contributed by atoms with van der Waals surface area (Å²) in [4.78, 5) is 0. The number of aromatic hydroxyl groups is 2. The number of benzene rings is 1. The maximum absolute atomic E-state index is 8.67. The van der Waals surface area contributed by atoms with Crippen molar-refractivity contribution in [2.24, 2.45) is 0 Å². The zero-order chi connectivity index (χ0) is 5.98. The molecule has 0 amide bonds. The first-order valence-electron chi connectivity index (χ1n) is 2.27. The normalized spacial score (nSPS) is 8.00. The second kappa shape index (κ2) is 3.76. The minimum atomic E-state index is -0.0764. The van der Waals surface area contributed by atoms with Crippen LogP contribution in [-0.4, -0.2) is 10.2 Å². The Morgan fingerprint density at radius 3 is 1.44 bits per heavy atom. The van der Waals surface area contributed by atoms with Gasteiger partial charge < -0.3 is 10.2 Å². The van der Waals surface area contributed by atoms with Crippen LogP contribution in [-0.2, 0) is 0 Å². The summed E-state index contributed by atoms with van der Waals surface area (Å²) in [6.45, 7) is 0. The molecule has 0 saturated heterocycles. The third-order valence-corrected chi connectivity index (χ3v) is 0.882. The second-order valence-electron chi connectivity index (χ2n) is 1.49. The Labute approximate surface area is 75.1 Å². The van der Waals surface area contributed by atoms with Gasteiger partial charge >= 0.3 is 0 Å². The molecule has 2 nitrogen and oxygen atoms in total. The van der Waals surface area contributed by atoms with Crippen LogP contribution < -0.4 is 0 Å². The number of phenols is 2. The average molecular weight is 354 g/mol. The molecule has 0 bridgehead atoms. The first kappa shape index (κ1) is 8.81. The van der Waals surface area contributed by atoms with E-state index < -0.39 is 0 Å². The van der Waals surface area contributed by atoms with Gasteiger partial charge in [0.05, 0.1) is 0 Å². The van der Waals surface area contributed by atoms with E-state index >= 15 is 0 Å². The first-order valence-corrected chi connectivity index (χ1v) is 2.27. The Kier molecular flexibility index (Phi) is 3.68. The van der Waals surface area contributed by atoms with Gasteiger partial charge in [0.2, 0.25) is 0 Å². The number of hydrogen-bond acceptors (Lipinski definition) is 2. The quantitative estimate of drug-likeness (QED) is 0.685. The van der Waals surface area contributed by atoms with Crippen molar-refractivity contribution in [1.82, 2.24) is 0 Å². The van der Waals surface area contributed by atoms with Crippen LogP contribution in [0.1, 0.15) is 0 Å². The zero-order valence-corrected chi connectivity index (χ0v) is 8.01. The monoisotopic (exact) mass is 348 g/mol. The Hall–Kier alpha value is -0.193. The van der Waals surface area contributed by atoms with E-state index in [9.17, 15) is 0 Å². The molecule has 0 atom stereocenters. The Bertz CT molecular complexity index is 167. The molecule has 48 valence electrons. The molecule has 9 heavy (non-hydrogen) atoms. The molecule has 0 aliphatic rings.